The topological polar surface area (TPSA) is 73.0 Å². The van der Waals surface area contributed by atoms with Gasteiger partial charge >= 0.3 is 0 Å². The molecule has 6 nitrogen and oxygen atoms in total. The van der Waals surface area contributed by atoms with Crippen LogP contribution < -0.4 is 5.32 Å². The van der Waals surface area contributed by atoms with Crippen molar-refractivity contribution in [2.75, 3.05) is 6.54 Å². The molecule has 0 saturated heterocycles. The number of benzene rings is 1. The average molecular weight is 352 g/mol. The van der Waals surface area contributed by atoms with Gasteiger partial charge in [0.1, 0.15) is 5.69 Å². The number of aromatic nitrogens is 3. The van der Waals surface area contributed by atoms with E-state index in [4.69, 9.17) is 4.52 Å². The van der Waals surface area contributed by atoms with Gasteiger partial charge in [0.05, 0.1) is 18.7 Å². The number of hydrogen-bond acceptors (Lipinski definition) is 5. The second-order valence-corrected chi connectivity index (χ2v) is 6.41. The van der Waals surface area contributed by atoms with Crippen LogP contribution in [-0.2, 0) is 17.8 Å². The van der Waals surface area contributed by atoms with Crippen LogP contribution in [0.15, 0.2) is 57.9 Å². The number of fused-ring (bicyclic) bond motifs is 1. The first-order valence-electron chi connectivity index (χ1n) is 7.95. The van der Waals surface area contributed by atoms with Gasteiger partial charge < -0.3 is 9.84 Å². The van der Waals surface area contributed by atoms with E-state index in [9.17, 15) is 4.79 Å². The fourth-order valence-electron chi connectivity index (χ4n) is 2.64. The molecule has 126 valence electrons. The Labute approximate surface area is 148 Å². The van der Waals surface area contributed by atoms with Crippen molar-refractivity contribution in [2.24, 2.45) is 0 Å². The molecule has 0 spiro atoms. The highest BCUT2D eigenvalue weighted by Crippen LogP contribution is 2.19. The van der Waals surface area contributed by atoms with Crippen molar-refractivity contribution in [2.45, 2.75) is 13.0 Å². The van der Waals surface area contributed by atoms with E-state index in [2.05, 4.69) is 21.0 Å². The van der Waals surface area contributed by atoms with E-state index in [1.807, 2.05) is 52.7 Å². The fourth-order valence-corrected chi connectivity index (χ4v) is 3.29. The molecule has 0 saturated carbocycles. The average Bonchev–Trinajstić information content (AvgIpc) is 3.35. The van der Waals surface area contributed by atoms with E-state index in [-0.39, 0.29) is 12.3 Å². The summed E-state index contributed by atoms with van der Waals surface area (Å²) in [7, 11) is 0. The van der Waals surface area contributed by atoms with Crippen molar-refractivity contribution in [3.63, 3.8) is 0 Å². The molecule has 0 radical (unpaired) electrons. The van der Waals surface area contributed by atoms with Crippen molar-refractivity contribution in [1.29, 1.82) is 0 Å². The zero-order valence-electron chi connectivity index (χ0n) is 13.4. The molecular weight excluding hydrogens is 336 g/mol. The molecule has 0 fully saturated rings. The quantitative estimate of drug-likeness (QED) is 0.579. The Bertz CT molecular complexity index is 988. The van der Waals surface area contributed by atoms with Gasteiger partial charge in [0.25, 0.3) is 0 Å². The van der Waals surface area contributed by atoms with Crippen molar-refractivity contribution in [3.05, 3.63) is 59.0 Å². The summed E-state index contributed by atoms with van der Waals surface area (Å²) in [5, 5.41) is 16.4. The first kappa shape index (κ1) is 15.6. The molecule has 1 N–H and O–H groups in total. The lowest BCUT2D eigenvalue weighted by Crippen LogP contribution is -2.28. The van der Waals surface area contributed by atoms with Gasteiger partial charge in [-0.3, -0.25) is 9.48 Å². The standard InChI is InChI=1S/C18H16N4O2S/c23-18(11-16-14-3-1-2-4-17(14)24-21-16)19-7-9-22-8-5-15(20-22)13-6-10-25-12-13/h1-6,8,10,12H,7,9,11H2,(H,19,23). The highest BCUT2D eigenvalue weighted by molar-refractivity contribution is 7.08. The van der Waals surface area contributed by atoms with E-state index in [0.29, 0.717) is 24.4 Å². The third kappa shape index (κ3) is 3.46. The maximum Gasteiger partial charge on any atom is 0.226 e. The molecular formula is C18H16N4O2S. The molecule has 0 atom stereocenters. The summed E-state index contributed by atoms with van der Waals surface area (Å²) in [6.07, 6.45) is 2.13. The van der Waals surface area contributed by atoms with Gasteiger partial charge in [0, 0.05) is 29.1 Å². The monoisotopic (exact) mass is 352 g/mol. The lowest BCUT2D eigenvalue weighted by molar-refractivity contribution is -0.120. The molecule has 0 aliphatic carbocycles. The SMILES string of the molecule is O=C(Cc1noc2ccccc12)NCCn1ccc(-c2ccsc2)n1. The molecule has 0 aliphatic rings. The summed E-state index contributed by atoms with van der Waals surface area (Å²) in [6, 6.07) is 11.6. The number of para-hydroxylation sites is 1. The minimum atomic E-state index is -0.0794. The predicted octanol–water partition coefficient (Wildman–Crippen LogP) is 3.11. The number of amides is 1. The molecule has 4 aromatic rings. The molecule has 4 rings (SSSR count). The van der Waals surface area contributed by atoms with Gasteiger partial charge in [-0.25, -0.2) is 0 Å². The third-order valence-corrected chi connectivity index (χ3v) is 4.58. The van der Waals surface area contributed by atoms with Crippen LogP contribution in [0.2, 0.25) is 0 Å². The number of carbonyl (C=O) groups is 1. The Balaban J connectivity index is 1.30. The van der Waals surface area contributed by atoms with Gasteiger partial charge in [-0.2, -0.15) is 16.4 Å². The van der Waals surface area contributed by atoms with Crippen LogP contribution in [0.5, 0.6) is 0 Å². The smallest absolute Gasteiger partial charge is 0.226 e. The van der Waals surface area contributed by atoms with Gasteiger partial charge in [-0.05, 0) is 29.6 Å². The number of nitrogens with zero attached hydrogens (tertiary/aromatic N) is 3. The maximum absolute atomic E-state index is 12.1. The van der Waals surface area contributed by atoms with Crippen LogP contribution >= 0.6 is 11.3 Å². The first-order valence-corrected chi connectivity index (χ1v) is 8.90. The van der Waals surface area contributed by atoms with Crippen molar-refractivity contribution in [1.82, 2.24) is 20.3 Å². The second-order valence-electron chi connectivity index (χ2n) is 5.63. The molecule has 3 heterocycles. The van der Waals surface area contributed by atoms with Gasteiger partial charge in [0.15, 0.2) is 5.58 Å². The Kier molecular flexibility index (Phi) is 4.30. The largest absolute Gasteiger partial charge is 0.356 e. The molecule has 3 aromatic heterocycles. The van der Waals surface area contributed by atoms with E-state index in [1.54, 1.807) is 11.3 Å². The molecule has 1 amide bonds. The first-order chi connectivity index (χ1) is 12.3. The zero-order chi connectivity index (χ0) is 17.1. The summed E-state index contributed by atoms with van der Waals surface area (Å²) < 4.78 is 7.05. The summed E-state index contributed by atoms with van der Waals surface area (Å²) in [6.45, 7) is 1.13. The Morgan fingerprint density at radius 3 is 3.04 bits per heavy atom. The van der Waals surface area contributed by atoms with Gasteiger partial charge in [-0.15, -0.1) is 0 Å². The zero-order valence-corrected chi connectivity index (χ0v) is 14.2. The van der Waals surface area contributed by atoms with Crippen LogP contribution in [0, 0.1) is 0 Å². The highest BCUT2D eigenvalue weighted by Gasteiger charge is 2.11. The molecule has 0 bridgehead atoms. The predicted molar refractivity (Wildman–Crippen MR) is 96.3 cm³/mol. The summed E-state index contributed by atoms with van der Waals surface area (Å²) in [5.41, 5.74) is 3.42. The summed E-state index contributed by atoms with van der Waals surface area (Å²) >= 11 is 1.65. The molecule has 0 unspecified atom stereocenters. The van der Waals surface area contributed by atoms with Crippen LogP contribution in [-0.4, -0.2) is 27.4 Å². The van der Waals surface area contributed by atoms with Crippen LogP contribution in [0.1, 0.15) is 5.69 Å². The van der Waals surface area contributed by atoms with E-state index in [0.717, 1.165) is 16.6 Å². The molecule has 25 heavy (non-hydrogen) atoms. The number of carbonyl (C=O) groups excluding carboxylic acids is 1. The second kappa shape index (κ2) is 6.90. The summed E-state index contributed by atoms with van der Waals surface area (Å²) in [5.74, 6) is -0.0794. The van der Waals surface area contributed by atoms with E-state index < -0.39 is 0 Å². The van der Waals surface area contributed by atoms with Gasteiger partial charge in [0.2, 0.25) is 5.91 Å². The lowest BCUT2D eigenvalue weighted by atomic mass is 10.1. The third-order valence-electron chi connectivity index (χ3n) is 3.90. The van der Waals surface area contributed by atoms with Crippen LogP contribution in [0.25, 0.3) is 22.2 Å². The lowest BCUT2D eigenvalue weighted by Gasteiger charge is -2.04. The van der Waals surface area contributed by atoms with Gasteiger partial charge in [-0.1, -0.05) is 17.3 Å². The molecule has 0 aliphatic heterocycles. The van der Waals surface area contributed by atoms with Crippen molar-refractivity contribution in [3.8, 4) is 11.3 Å². The number of rotatable bonds is 6. The number of thiophene rings is 1. The maximum atomic E-state index is 12.1. The van der Waals surface area contributed by atoms with E-state index in [1.165, 1.54) is 0 Å². The minimum absolute atomic E-state index is 0.0794. The van der Waals surface area contributed by atoms with Crippen LogP contribution in [0.4, 0.5) is 0 Å². The van der Waals surface area contributed by atoms with Crippen molar-refractivity contribution < 1.29 is 9.32 Å². The number of nitrogens with one attached hydrogen (secondary N) is 1. The Hall–Kier alpha value is -2.93. The molecule has 1 aromatic carbocycles. The van der Waals surface area contributed by atoms with E-state index >= 15 is 0 Å². The summed E-state index contributed by atoms with van der Waals surface area (Å²) in [4.78, 5) is 12.1. The number of hydrogen-bond donors (Lipinski definition) is 1. The normalized spacial score (nSPS) is 11.0. The Morgan fingerprint density at radius 2 is 2.16 bits per heavy atom. The van der Waals surface area contributed by atoms with Crippen molar-refractivity contribution >= 4 is 28.2 Å². The van der Waals surface area contributed by atoms with Crippen LogP contribution in [0.3, 0.4) is 0 Å². The fraction of sp³-hybridized carbons (Fsp3) is 0.167. The minimum Gasteiger partial charge on any atom is -0.356 e. The highest BCUT2D eigenvalue weighted by atomic mass is 32.1. The Morgan fingerprint density at radius 1 is 1.24 bits per heavy atom. The molecule has 7 heteroatoms.